The standard InChI is InChI=1S/C30H28N2O2S/c1-23(33)35-29-18-20-32(22-24(29)21-28-17-19-31-34-28)30(25-11-5-2-6-12-25,26-13-7-3-8-14-26)27-15-9-4-10-16-27/h2-17,19,21,29H,18,20,22H2,1H3/b24-21+. The number of carbonyl (C=O) groups excluding carboxylic acids is 1. The summed E-state index contributed by atoms with van der Waals surface area (Å²) in [5.41, 5.74) is 4.33. The molecule has 5 heteroatoms. The van der Waals surface area contributed by atoms with Crippen LogP contribution in [0.5, 0.6) is 0 Å². The number of benzene rings is 3. The second kappa shape index (κ2) is 10.5. The fraction of sp³-hybridized carbons (Fsp3) is 0.200. The minimum atomic E-state index is -0.490. The van der Waals surface area contributed by atoms with Crippen molar-refractivity contribution in [3.05, 3.63) is 131 Å². The number of piperidine rings is 1. The fourth-order valence-electron chi connectivity index (χ4n) is 5.19. The van der Waals surface area contributed by atoms with Crippen LogP contribution in [0.2, 0.25) is 0 Å². The van der Waals surface area contributed by atoms with Crippen molar-refractivity contribution in [3.8, 4) is 0 Å². The van der Waals surface area contributed by atoms with Crippen LogP contribution in [0.15, 0.2) is 113 Å². The summed E-state index contributed by atoms with van der Waals surface area (Å²) in [7, 11) is 0. The molecule has 0 spiro atoms. The highest BCUT2D eigenvalue weighted by Gasteiger charge is 2.44. The molecule has 0 radical (unpaired) electrons. The Hall–Kier alpha value is -3.41. The van der Waals surface area contributed by atoms with Crippen LogP contribution in [0, 0.1) is 0 Å². The number of rotatable bonds is 6. The van der Waals surface area contributed by atoms with Crippen LogP contribution in [0.25, 0.3) is 6.08 Å². The second-order valence-corrected chi connectivity index (χ2v) is 10.1. The number of hydrogen-bond donors (Lipinski definition) is 0. The van der Waals surface area contributed by atoms with Gasteiger partial charge in [-0.2, -0.15) is 0 Å². The van der Waals surface area contributed by atoms with Gasteiger partial charge in [-0.15, -0.1) is 0 Å². The molecule has 1 saturated heterocycles. The Bertz CT molecular complexity index is 1180. The monoisotopic (exact) mass is 480 g/mol. The third kappa shape index (κ3) is 4.75. The Morgan fingerprint density at radius 1 is 0.914 bits per heavy atom. The van der Waals surface area contributed by atoms with Crippen molar-refractivity contribution in [1.82, 2.24) is 10.1 Å². The SMILES string of the molecule is CC(=O)SC1CCN(C(c2ccccc2)(c2ccccc2)c2ccccc2)C/C1=C\c1ccno1. The Morgan fingerprint density at radius 3 is 1.91 bits per heavy atom. The maximum absolute atomic E-state index is 12.1. The maximum Gasteiger partial charge on any atom is 0.186 e. The molecule has 35 heavy (non-hydrogen) atoms. The van der Waals surface area contributed by atoms with Gasteiger partial charge in [-0.3, -0.25) is 9.69 Å². The first kappa shape index (κ1) is 23.3. The van der Waals surface area contributed by atoms with Crippen LogP contribution < -0.4 is 0 Å². The zero-order valence-corrected chi connectivity index (χ0v) is 20.5. The van der Waals surface area contributed by atoms with E-state index in [-0.39, 0.29) is 10.4 Å². The topological polar surface area (TPSA) is 46.3 Å². The first-order valence-electron chi connectivity index (χ1n) is 11.9. The summed E-state index contributed by atoms with van der Waals surface area (Å²) < 4.78 is 5.43. The van der Waals surface area contributed by atoms with Gasteiger partial charge in [0.25, 0.3) is 0 Å². The number of hydrogen-bond acceptors (Lipinski definition) is 5. The molecule has 0 N–H and O–H groups in total. The molecule has 5 rings (SSSR count). The van der Waals surface area contributed by atoms with E-state index in [4.69, 9.17) is 4.52 Å². The third-order valence-electron chi connectivity index (χ3n) is 6.59. The lowest BCUT2D eigenvalue weighted by atomic mass is 9.74. The second-order valence-electron chi connectivity index (χ2n) is 8.75. The molecule has 1 atom stereocenters. The molecule has 4 aromatic rings. The zero-order valence-electron chi connectivity index (χ0n) is 19.7. The summed E-state index contributed by atoms with van der Waals surface area (Å²) >= 11 is 1.41. The third-order valence-corrected chi connectivity index (χ3v) is 7.75. The number of nitrogens with zero attached hydrogens (tertiary/aromatic N) is 2. The average molecular weight is 481 g/mol. The van der Waals surface area contributed by atoms with E-state index in [9.17, 15) is 4.79 Å². The molecule has 4 nitrogen and oxygen atoms in total. The van der Waals surface area contributed by atoms with Crippen LogP contribution in [0.1, 0.15) is 35.8 Å². The van der Waals surface area contributed by atoms with Crippen molar-refractivity contribution >= 4 is 23.0 Å². The Kier molecular flexibility index (Phi) is 6.98. The Balaban J connectivity index is 1.69. The highest BCUT2D eigenvalue weighted by molar-refractivity contribution is 8.14. The van der Waals surface area contributed by atoms with Crippen molar-refractivity contribution in [1.29, 1.82) is 0 Å². The van der Waals surface area contributed by atoms with Crippen LogP contribution in [0.4, 0.5) is 0 Å². The van der Waals surface area contributed by atoms with Gasteiger partial charge in [0.2, 0.25) is 0 Å². The van der Waals surface area contributed by atoms with Gasteiger partial charge in [0.1, 0.15) is 0 Å². The van der Waals surface area contributed by atoms with E-state index >= 15 is 0 Å². The van der Waals surface area contributed by atoms with Crippen molar-refractivity contribution in [2.45, 2.75) is 24.1 Å². The van der Waals surface area contributed by atoms with Crippen molar-refractivity contribution < 1.29 is 9.32 Å². The van der Waals surface area contributed by atoms with Crippen LogP contribution >= 0.6 is 11.8 Å². The summed E-state index contributed by atoms with van der Waals surface area (Å²) in [6.07, 6.45) is 4.58. The first-order chi connectivity index (χ1) is 17.2. The number of carbonyl (C=O) groups is 1. The van der Waals surface area contributed by atoms with Gasteiger partial charge in [-0.25, -0.2) is 0 Å². The Labute approximate surface area is 210 Å². The van der Waals surface area contributed by atoms with E-state index in [1.165, 1.54) is 34.0 Å². The van der Waals surface area contributed by atoms with Crippen LogP contribution in [0.3, 0.4) is 0 Å². The maximum atomic E-state index is 12.1. The number of thioether (sulfide) groups is 1. The number of likely N-dealkylation sites (tertiary alicyclic amines) is 1. The minimum Gasteiger partial charge on any atom is -0.357 e. The van der Waals surface area contributed by atoms with Gasteiger partial charge in [0.15, 0.2) is 10.9 Å². The molecule has 176 valence electrons. The smallest absolute Gasteiger partial charge is 0.186 e. The molecule has 1 fully saturated rings. The molecule has 1 aliphatic rings. The van der Waals surface area contributed by atoms with Gasteiger partial charge in [0.05, 0.1) is 11.7 Å². The molecule has 1 unspecified atom stereocenters. The molecule has 0 amide bonds. The molecule has 0 aliphatic carbocycles. The lowest BCUT2D eigenvalue weighted by Gasteiger charge is -2.49. The van der Waals surface area contributed by atoms with E-state index in [1.54, 1.807) is 13.1 Å². The van der Waals surface area contributed by atoms with Gasteiger partial charge in [-0.1, -0.05) is 108 Å². The van der Waals surface area contributed by atoms with Crippen molar-refractivity contribution in [2.75, 3.05) is 13.1 Å². The van der Waals surface area contributed by atoms with Gasteiger partial charge in [0, 0.05) is 31.3 Å². The molecular weight excluding hydrogens is 452 g/mol. The largest absolute Gasteiger partial charge is 0.357 e. The predicted octanol–water partition coefficient (Wildman–Crippen LogP) is 6.40. The zero-order chi connectivity index (χ0) is 24.1. The molecule has 0 saturated carbocycles. The fourth-order valence-corrected chi connectivity index (χ4v) is 6.11. The van der Waals surface area contributed by atoms with Crippen LogP contribution in [-0.2, 0) is 10.3 Å². The van der Waals surface area contributed by atoms with E-state index in [0.717, 1.165) is 13.0 Å². The highest BCUT2D eigenvalue weighted by Crippen LogP contribution is 2.45. The van der Waals surface area contributed by atoms with Gasteiger partial charge in [-0.05, 0) is 34.8 Å². The summed E-state index contributed by atoms with van der Waals surface area (Å²) in [4.78, 5) is 14.6. The van der Waals surface area contributed by atoms with Crippen molar-refractivity contribution in [3.63, 3.8) is 0 Å². The quantitative estimate of drug-likeness (QED) is 0.299. The highest BCUT2D eigenvalue weighted by atomic mass is 32.2. The summed E-state index contributed by atoms with van der Waals surface area (Å²) in [5, 5.41) is 4.11. The summed E-state index contributed by atoms with van der Waals surface area (Å²) in [6, 6.07) is 34.0. The van der Waals surface area contributed by atoms with E-state index in [1.807, 2.05) is 6.07 Å². The van der Waals surface area contributed by atoms with Crippen molar-refractivity contribution in [2.24, 2.45) is 0 Å². The molecular formula is C30H28N2O2S. The average Bonchev–Trinajstić information content (AvgIpc) is 3.41. The summed E-state index contributed by atoms with van der Waals surface area (Å²) in [5.74, 6) is 0.709. The lowest BCUT2D eigenvalue weighted by Crippen LogP contribution is -2.52. The Morgan fingerprint density at radius 2 is 1.46 bits per heavy atom. The van der Waals surface area contributed by atoms with Gasteiger partial charge < -0.3 is 4.52 Å². The molecule has 1 aliphatic heterocycles. The molecule has 0 bridgehead atoms. The van der Waals surface area contributed by atoms with Crippen LogP contribution in [-0.4, -0.2) is 33.5 Å². The normalized spacial score (nSPS) is 18.0. The van der Waals surface area contributed by atoms with E-state index in [2.05, 4.69) is 107 Å². The van der Waals surface area contributed by atoms with Gasteiger partial charge >= 0.3 is 0 Å². The first-order valence-corrected chi connectivity index (χ1v) is 12.8. The van der Waals surface area contributed by atoms with E-state index in [0.29, 0.717) is 12.3 Å². The molecule has 2 heterocycles. The minimum absolute atomic E-state index is 0.105. The lowest BCUT2D eigenvalue weighted by molar-refractivity contribution is -0.109. The summed E-state index contributed by atoms with van der Waals surface area (Å²) in [6.45, 7) is 3.19. The predicted molar refractivity (Wildman–Crippen MR) is 142 cm³/mol. The number of aromatic nitrogens is 1. The van der Waals surface area contributed by atoms with E-state index < -0.39 is 5.54 Å². The molecule has 1 aromatic heterocycles. The molecule has 3 aromatic carbocycles.